The molecule has 0 bridgehead atoms. The molecule has 2 amide bonds. The number of aryl methyl sites for hydroxylation is 1. The fourth-order valence-electron chi connectivity index (χ4n) is 3.19. The Hall–Kier alpha value is -3.63. The van der Waals surface area contributed by atoms with Crippen LogP contribution in [0, 0.1) is 11.3 Å². The summed E-state index contributed by atoms with van der Waals surface area (Å²) in [6, 6.07) is 4.18. The number of hydrogen-bond acceptors (Lipinski definition) is 5. The van der Waals surface area contributed by atoms with Gasteiger partial charge in [-0.25, -0.2) is 4.79 Å². The van der Waals surface area contributed by atoms with Crippen LogP contribution in [0.15, 0.2) is 24.3 Å². The number of carboxylic acids is 2. The summed E-state index contributed by atoms with van der Waals surface area (Å²) in [4.78, 5) is 48.1. The van der Waals surface area contributed by atoms with Gasteiger partial charge in [0, 0.05) is 12.1 Å². The fourth-order valence-corrected chi connectivity index (χ4v) is 3.19. The van der Waals surface area contributed by atoms with Crippen LogP contribution in [0.4, 0.5) is 0 Å². The Bertz CT molecular complexity index is 857. The van der Waals surface area contributed by atoms with E-state index in [0.717, 1.165) is 24.8 Å². The quantitative estimate of drug-likeness (QED) is 0.119. The number of hydrogen-bond donors (Lipinski definition) is 7. The minimum atomic E-state index is -1.43. The van der Waals surface area contributed by atoms with Gasteiger partial charge in [0.05, 0.1) is 6.42 Å². The number of nitrogens with one attached hydrogen (secondary N) is 4. The number of benzene rings is 1. The number of unbranched alkanes of at least 4 members (excludes halogenated alkanes) is 2. The molecule has 1 rings (SSSR count). The Kier molecular flexibility index (Phi) is 11.4. The molecular formula is C22H33N5O6. The van der Waals surface area contributed by atoms with E-state index in [9.17, 15) is 29.4 Å². The lowest BCUT2D eigenvalue weighted by molar-refractivity contribution is -0.144. The Balaban J connectivity index is 2.85. The van der Waals surface area contributed by atoms with Crippen molar-refractivity contribution in [2.24, 2.45) is 11.7 Å². The van der Waals surface area contributed by atoms with Crippen LogP contribution in [0.5, 0.6) is 0 Å². The van der Waals surface area contributed by atoms with E-state index < -0.39 is 48.2 Å². The molecule has 0 spiro atoms. The number of carbonyl (C=O) groups excluding carboxylic acids is 2. The molecule has 0 aliphatic carbocycles. The Morgan fingerprint density at radius 1 is 1.03 bits per heavy atom. The highest BCUT2D eigenvalue weighted by Crippen LogP contribution is 2.14. The van der Waals surface area contributed by atoms with Gasteiger partial charge in [0.1, 0.15) is 12.1 Å². The molecular weight excluding hydrogens is 430 g/mol. The first-order chi connectivity index (χ1) is 15.5. The van der Waals surface area contributed by atoms with E-state index in [0.29, 0.717) is 18.5 Å². The summed E-state index contributed by atoms with van der Waals surface area (Å²) in [5.74, 6) is -4.55. The van der Waals surface area contributed by atoms with Crippen LogP contribution in [0.2, 0.25) is 0 Å². The van der Waals surface area contributed by atoms with Gasteiger partial charge in [0.15, 0.2) is 5.96 Å². The topological polar surface area (TPSA) is 195 Å². The predicted molar refractivity (Wildman–Crippen MR) is 122 cm³/mol. The Morgan fingerprint density at radius 3 is 2.27 bits per heavy atom. The standard InChI is InChI=1S/C22H33N5O6/c1-13(2)18(21(32)33)27-20(31)16(12-17(28)29)26-19(30)15-10-6-5-9-14(15)8-4-3-7-11-25-22(23)24/h5-6,9-10,13,16,18H,3-4,7-8,11-12H2,1-2H3,(H,26,30)(H,27,31)(H,28,29)(H,32,33)(H4,23,24,25)/t16-,18-/m0/s1. The van der Waals surface area contributed by atoms with E-state index in [1.54, 1.807) is 38.1 Å². The lowest BCUT2D eigenvalue weighted by atomic mass is 10.00. The monoisotopic (exact) mass is 463 g/mol. The molecule has 0 radical (unpaired) electrons. The van der Waals surface area contributed by atoms with Crippen molar-refractivity contribution in [1.82, 2.24) is 16.0 Å². The zero-order valence-electron chi connectivity index (χ0n) is 18.9. The molecule has 0 unspecified atom stereocenters. The molecule has 0 aromatic heterocycles. The maximum Gasteiger partial charge on any atom is 0.326 e. The number of carboxylic acid groups (broad SMARTS) is 2. The molecule has 2 atom stereocenters. The Morgan fingerprint density at radius 2 is 1.70 bits per heavy atom. The zero-order valence-corrected chi connectivity index (χ0v) is 18.9. The highest BCUT2D eigenvalue weighted by molar-refractivity contribution is 6.00. The van der Waals surface area contributed by atoms with Gasteiger partial charge in [0.25, 0.3) is 5.91 Å². The van der Waals surface area contributed by atoms with Gasteiger partial charge in [-0.2, -0.15) is 0 Å². The van der Waals surface area contributed by atoms with E-state index in [1.165, 1.54) is 0 Å². The van der Waals surface area contributed by atoms with Crippen molar-refractivity contribution in [2.45, 2.75) is 58.0 Å². The second-order valence-electron chi connectivity index (χ2n) is 8.00. The fraction of sp³-hybridized carbons (Fsp3) is 0.500. The van der Waals surface area contributed by atoms with Crippen molar-refractivity contribution < 1.29 is 29.4 Å². The van der Waals surface area contributed by atoms with Gasteiger partial charge >= 0.3 is 11.9 Å². The lowest BCUT2D eigenvalue weighted by Crippen LogP contribution is -2.53. The molecule has 33 heavy (non-hydrogen) atoms. The summed E-state index contributed by atoms with van der Waals surface area (Å²) >= 11 is 0. The van der Waals surface area contributed by atoms with Crippen LogP contribution < -0.4 is 21.7 Å². The number of guanidine groups is 1. The van der Waals surface area contributed by atoms with Gasteiger partial charge < -0.3 is 31.9 Å². The largest absolute Gasteiger partial charge is 0.481 e. The molecule has 0 aliphatic heterocycles. The third-order valence-corrected chi connectivity index (χ3v) is 4.93. The first kappa shape index (κ1) is 27.4. The van der Waals surface area contributed by atoms with Crippen LogP contribution >= 0.6 is 0 Å². The average molecular weight is 464 g/mol. The second kappa shape index (κ2) is 13.7. The molecule has 1 aromatic carbocycles. The smallest absolute Gasteiger partial charge is 0.326 e. The van der Waals surface area contributed by atoms with Gasteiger partial charge in [-0.05, 0) is 36.8 Å². The third kappa shape index (κ3) is 10.0. The predicted octanol–water partition coefficient (Wildman–Crippen LogP) is 0.681. The average Bonchev–Trinajstić information content (AvgIpc) is 2.73. The van der Waals surface area contributed by atoms with Gasteiger partial charge in [0.2, 0.25) is 5.91 Å². The number of carbonyl (C=O) groups is 4. The van der Waals surface area contributed by atoms with E-state index in [4.69, 9.17) is 11.1 Å². The van der Waals surface area contributed by atoms with Gasteiger partial charge in [-0.1, -0.05) is 38.5 Å². The van der Waals surface area contributed by atoms with Gasteiger partial charge in [-0.3, -0.25) is 19.8 Å². The zero-order chi connectivity index (χ0) is 25.0. The highest BCUT2D eigenvalue weighted by Gasteiger charge is 2.30. The molecule has 0 saturated carbocycles. The van der Waals surface area contributed by atoms with Crippen molar-refractivity contribution in [3.05, 3.63) is 35.4 Å². The number of rotatable bonds is 14. The molecule has 0 saturated heterocycles. The maximum absolute atomic E-state index is 12.9. The first-order valence-corrected chi connectivity index (χ1v) is 10.7. The van der Waals surface area contributed by atoms with Crippen molar-refractivity contribution >= 4 is 29.7 Å². The summed E-state index contributed by atoms with van der Waals surface area (Å²) in [7, 11) is 0. The van der Waals surface area contributed by atoms with Crippen molar-refractivity contribution in [3.8, 4) is 0 Å². The molecule has 11 nitrogen and oxygen atoms in total. The minimum Gasteiger partial charge on any atom is -0.481 e. The summed E-state index contributed by atoms with van der Waals surface area (Å²) in [5, 5.41) is 33.0. The van der Waals surface area contributed by atoms with Crippen molar-refractivity contribution in [2.75, 3.05) is 6.54 Å². The van der Waals surface area contributed by atoms with Crippen molar-refractivity contribution in [3.63, 3.8) is 0 Å². The number of nitrogens with two attached hydrogens (primary N) is 1. The summed E-state index contributed by atoms with van der Waals surface area (Å²) < 4.78 is 0. The molecule has 0 heterocycles. The van der Waals surface area contributed by atoms with E-state index in [2.05, 4.69) is 16.0 Å². The number of aliphatic carboxylic acids is 2. The summed E-state index contributed by atoms with van der Waals surface area (Å²) in [5.41, 5.74) is 6.30. The van der Waals surface area contributed by atoms with Gasteiger partial charge in [-0.15, -0.1) is 0 Å². The Labute approximate surface area is 192 Å². The van der Waals surface area contributed by atoms with Crippen molar-refractivity contribution in [1.29, 1.82) is 5.41 Å². The molecule has 0 fully saturated rings. The molecule has 8 N–H and O–H groups in total. The molecule has 182 valence electrons. The summed E-state index contributed by atoms with van der Waals surface area (Å²) in [6.07, 6.45) is 2.32. The molecule has 0 aliphatic rings. The van der Waals surface area contributed by atoms with E-state index in [1.807, 2.05) is 0 Å². The maximum atomic E-state index is 12.9. The normalized spacial score (nSPS) is 12.5. The van der Waals surface area contributed by atoms with Crippen LogP contribution in [0.25, 0.3) is 0 Å². The lowest BCUT2D eigenvalue weighted by Gasteiger charge is -2.22. The SMILES string of the molecule is CC(C)[C@H](NC(=O)[C@H](CC(=O)O)NC(=O)c1ccccc1CCCCCNC(=N)N)C(=O)O. The van der Waals surface area contributed by atoms with E-state index in [-0.39, 0.29) is 5.96 Å². The minimum absolute atomic E-state index is 0.0833. The van der Waals surface area contributed by atoms with Crippen LogP contribution in [-0.2, 0) is 20.8 Å². The summed E-state index contributed by atoms with van der Waals surface area (Å²) in [6.45, 7) is 3.80. The highest BCUT2D eigenvalue weighted by atomic mass is 16.4. The molecule has 1 aromatic rings. The second-order valence-corrected chi connectivity index (χ2v) is 8.00. The van der Waals surface area contributed by atoms with Crippen LogP contribution in [-0.4, -0.2) is 58.6 Å². The van der Waals surface area contributed by atoms with Crippen LogP contribution in [0.3, 0.4) is 0 Å². The van der Waals surface area contributed by atoms with E-state index >= 15 is 0 Å². The van der Waals surface area contributed by atoms with Crippen LogP contribution in [0.1, 0.15) is 55.5 Å². The molecule has 11 heteroatoms. The third-order valence-electron chi connectivity index (χ3n) is 4.93. The first-order valence-electron chi connectivity index (χ1n) is 10.7. The number of amides is 2.